The Morgan fingerprint density at radius 1 is 1.35 bits per heavy atom. The van der Waals surface area contributed by atoms with Crippen molar-refractivity contribution >= 4 is 23.1 Å². The maximum absolute atomic E-state index is 6.07. The number of nitrogens with zero attached hydrogens (tertiary/aromatic N) is 2. The van der Waals surface area contributed by atoms with E-state index in [1.807, 2.05) is 18.2 Å². The number of hydrogen-bond acceptors (Lipinski definition) is 4. The van der Waals surface area contributed by atoms with Crippen molar-refractivity contribution in [1.29, 1.82) is 0 Å². The normalized spacial score (nSPS) is 12.6. The van der Waals surface area contributed by atoms with Gasteiger partial charge in [-0.25, -0.2) is 0 Å². The van der Waals surface area contributed by atoms with E-state index in [4.69, 9.17) is 11.6 Å². The van der Waals surface area contributed by atoms with Crippen molar-refractivity contribution in [1.82, 2.24) is 14.9 Å². The molecule has 1 aromatic heterocycles. The van der Waals surface area contributed by atoms with Gasteiger partial charge in [-0.15, -0.1) is 5.10 Å². The van der Waals surface area contributed by atoms with E-state index in [0.29, 0.717) is 0 Å². The van der Waals surface area contributed by atoms with E-state index in [2.05, 4.69) is 34.8 Å². The van der Waals surface area contributed by atoms with E-state index >= 15 is 0 Å². The summed E-state index contributed by atoms with van der Waals surface area (Å²) in [6, 6.07) is 8.31. The molecule has 1 heterocycles. The molecule has 0 saturated heterocycles. The van der Waals surface area contributed by atoms with Crippen LogP contribution in [0.2, 0.25) is 5.02 Å². The number of aromatic nitrogens is 2. The third-order valence-corrected chi connectivity index (χ3v) is 4.28. The third-order valence-electron chi connectivity index (χ3n) is 3.17. The average Bonchev–Trinajstić information content (AvgIpc) is 2.87. The highest BCUT2D eigenvalue weighted by molar-refractivity contribution is 7.05. The maximum atomic E-state index is 6.07. The zero-order valence-corrected chi connectivity index (χ0v) is 13.5. The standard InChI is InChI=1S/C15H20ClN3S/c1-3-6-13-15(20-19-18-13)14(17-4-2)10-11-7-5-8-12(16)9-11/h5,7-9,14,17H,3-4,6,10H2,1-2H3. The van der Waals surface area contributed by atoms with Crippen molar-refractivity contribution in [3.8, 4) is 0 Å². The summed E-state index contributed by atoms with van der Waals surface area (Å²) >= 11 is 7.57. The van der Waals surface area contributed by atoms with Crippen LogP contribution in [0.5, 0.6) is 0 Å². The molecule has 0 spiro atoms. The summed E-state index contributed by atoms with van der Waals surface area (Å²) < 4.78 is 4.13. The molecule has 0 amide bonds. The van der Waals surface area contributed by atoms with Crippen LogP contribution in [-0.2, 0) is 12.8 Å². The molecule has 1 atom stereocenters. The molecule has 2 rings (SSSR count). The molecule has 20 heavy (non-hydrogen) atoms. The first-order chi connectivity index (χ1) is 9.74. The van der Waals surface area contributed by atoms with Crippen molar-refractivity contribution in [2.45, 2.75) is 39.2 Å². The molecule has 1 aromatic carbocycles. The maximum Gasteiger partial charge on any atom is 0.0803 e. The molecular weight excluding hydrogens is 290 g/mol. The summed E-state index contributed by atoms with van der Waals surface area (Å²) in [5.41, 5.74) is 2.37. The fraction of sp³-hybridized carbons (Fsp3) is 0.467. The van der Waals surface area contributed by atoms with Crippen molar-refractivity contribution in [3.05, 3.63) is 45.4 Å². The molecule has 0 radical (unpaired) electrons. The van der Waals surface area contributed by atoms with Gasteiger partial charge >= 0.3 is 0 Å². The minimum Gasteiger partial charge on any atom is -0.309 e. The number of hydrogen-bond donors (Lipinski definition) is 1. The smallest absolute Gasteiger partial charge is 0.0803 e. The molecule has 0 aliphatic rings. The summed E-state index contributed by atoms with van der Waals surface area (Å²) in [6.07, 6.45) is 2.99. The predicted octanol–water partition coefficient (Wildman–Crippen LogP) is 4.04. The number of halogens is 1. The van der Waals surface area contributed by atoms with Gasteiger partial charge in [-0.05, 0) is 48.6 Å². The number of aryl methyl sites for hydroxylation is 1. The molecule has 5 heteroatoms. The second-order valence-electron chi connectivity index (χ2n) is 4.78. The molecule has 0 aliphatic carbocycles. The van der Waals surface area contributed by atoms with Gasteiger partial charge in [-0.1, -0.05) is 48.5 Å². The second-order valence-corrected chi connectivity index (χ2v) is 6.00. The van der Waals surface area contributed by atoms with Crippen LogP contribution in [0.15, 0.2) is 24.3 Å². The van der Waals surface area contributed by atoms with Crippen LogP contribution in [0.1, 0.15) is 42.4 Å². The van der Waals surface area contributed by atoms with Gasteiger partial charge in [0.1, 0.15) is 0 Å². The van der Waals surface area contributed by atoms with Gasteiger partial charge in [0.25, 0.3) is 0 Å². The SMILES string of the molecule is CCCc1nnsc1C(Cc1cccc(Cl)c1)NCC. The van der Waals surface area contributed by atoms with Gasteiger partial charge < -0.3 is 5.32 Å². The van der Waals surface area contributed by atoms with Gasteiger partial charge in [0.05, 0.1) is 10.6 Å². The van der Waals surface area contributed by atoms with E-state index in [1.165, 1.54) is 22.0 Å². The highest BCUT2D eigenvalue weighted by Gasteiger charge is 2.18. The highest BCUT2D eigenvalue weighted by atomic mass is 35.5. The Balaban J connectivity index is 2.20. The van der Waals surface area contributed by atoms with Crippen molar-refractivity contribution in [3.63, 3.8) is 0 Å². The van der Waals surface area contributed by atoms with Crippen molar-refractivity contribution in [2.75, 3.05) is 6.54 Å². The van der Waals surface area contributed by atoms with E-state index in [1.54, 1.807) is 0 Å². The van der Waals surface area contributed by atoms with Crippen molar-refractivity contribution < 1.29 is 0 Å². The molecule has 0 fully saturated rings. The Labute approximate surface area is 129 Å². The zero-order chi connectivity index (χ0) is 14.4. The van der Waals surface area contributed by atoms with Crippen LogP contribution >= 0.6 is 23.1 Å². The Morgan fingerprint density at radius 3 is 2.90 bits per heavy atom. The zero-order valence-electron chi connectivity index (χ0n) is 11.9. The topological polar surface area (TPSA) is 37.8 Å². The summed E-state index contributed by atoms with van der Waals surface area (Å²) in [5.74, 6) is 0. The Kier molecular flexibility index (Phi) is 5.95. The third kappa shape index (κ3) is 4.01. The molecule has 2 aromatic rings. The number of rotatable bonds is 7. The van der Waals surface area contributed by atoms with Crippen LogP contribution in [0.25, 0.3) is 0 Å². The lowest BCUT2D eigenvalue weighted by molar-refractivity contribution is 0.552. The van der Waals surface area contributed by atoms with Crippen LogP contribution in [0.4, 0.5) is 0 Å². The second kappa shape index (κ2) is 7.72. The Morgan fingerprint density at radius 2 is 2.20 bits per heavy atom. The molecule has 108 valence electrons. The van der Waals surface area contributed by atoms with Crippen LogP contribution in [0, 0.1) is 0 Å². The molecule has 1 N–H and O–H groups in total. The highest BCUT2D eigenvalue weighted by Crippen LogP contribution is 2.26. The molecule has 0 aliphatic heterocycles. The van der Waals surface area contributed by atoms with E-state index in [-0.39, 0.29) is 6.04 Å². The lowest BCUT2D eigenvalue weighted by atomic mass is 10.0. The minimum absolute atomic E-state index is 0.264. The number of benzene rings is 1. The van der Waals surface area contributed by atoms with Crippen molar-refractivity contribution in [2.24, 2.45) is 0 Å². The Hall–Kier alpha value is -0.970. The summed E-state index contributed by atoms with van der Waals surface area (Å²) in [5, 5.41) is 8.60. The van der Waals surface area contributed by atoms with Crippen LogP contribution in [0.3, 0.4) is 0 Å². The quantitative estimate of drug-likeness (QED) is 0.839. The van der Waals surface area contributed by atoms with Gasteiger partial charge in [-0.3, -0.25) is 0 Å². The predicted molar refractivity (Wildman–Crippen MR) is 85.5 cm³/mol. The largest absolute Gasteiger partial charge is 0.309 e. The molecular formula is C15H20ClN3S. The summed E-state index contributed by atoms with van der Waals surface area (Å²) in [4.78, 5) is 1.26. The lowest BCUT2D eigenvalue weighted by Gasteiger charge is -2.17. The fourth-order valence-corrected chi connectivity index (χ4v) is 3.28. The number of nitrogens with one attached hydrogen (secondary N) is 1. The van der Waals surface area contributed by atoms with Crippen LogP contribution < -0.4 is 5.32 Å². The fourth-order valence-electron chi connectivity index (χ4n) is 2.29. The molecule has 0 bridgehead atoms. The van der Waals surface area contributed by atoms with Crippen LogP contribution in [-0.4, -0.2) is 16.1 Å². The van der Waals surface area contributed by atoms with Gasteiger partial charge in [0, 0.05) is 11.1 Å². The van der Waals surface area contributed by atoms with E-state index in [9.17, 15) is 0 Å². The summed E-state index contributed by atoms with van der Waals surface area (Å²) in [7, 11) is 0. The molecule has 1 unspecified atom stereocenters. The average molecular weight is 310 g/mol. The van der Waals surface area contributed by atoms with E-state index < -0.39 is 0 Å². The van der Waals surface area contributed by atoms with E-state index in [0.717, 1.165) is 36.5 Å². The lowest BCUT2D eigenvalue weighted by Crippen LogP contribution is -2.23. The molecule has 0 saturated carbocycles. The first-order valence-corrected chi connectivity index (χ1v) is 8.18. The van der Waals surface area contributed by atoms with Gasteiger partial charge in [0.15, 0.2) is 0 Å². The van der Waals surface area contributed by atoms with Gasteiger partial charge in [-0.2, -0.15) is 0 Å². The first kappa shape index (κ1) is 15.4. The Bertz CT molecular complexity index is 541. The monoisotopic (exact) mass is 309 g/mol. The first-order valence-electron chi connectivity index (χ1n) is 7.03. The van der Waals surface area contributed by atoms with Gasteiger partial charge in [0.2, 0.25) is 0 Å². The minimum atomic E-state index is 0.264. The summed E-state index contributed by atoms with van der Waals surface area (Å²) in [6.45, 7) is 5.22. The number of likely N-dealkylation sites (N-methyl/N-ethyl adjacent to an activating group) is 1. The molecule has 3 nitrogen and oxygen atoms in total.